The Hall–Kier alpha value is -1.75. The third-order valence-electron chi connectivity index (χ3n) is 4.64. The van der Waals surface area contributed by atoms with Crippen molar-refractivity contribution in [3.63, 3.8) is 0 Å². The number of hydrogen-bond acceptors (Lipinski definition) is 4. The monoisotopic (exact) mass is 314 g/mol. The Morgan fingerprint density at radius 2 is 1.73 bits per heavy atom. The summed E-state index contributed by atoms with van der Waals surface area (Å²) >= 11 is 1.03. The highest BCUT2D eigenvalue weighted by Crippen LogP contribution is 2.37. The summed E-state index contributed by atoms with van der Waals surface area (Å²) in [5.74, 6) is -0.192. The Morgan fingerprint density at radius 1 is 1.09 bits per heavy atom. The van der Waals surface area contributed by atoms with Crippen molar-refractivity contribution in [2.24, 2.45) is 0 Å². The van der Waals surface area contributed by atoms with Crippen LogP contribution in [0.15, 0.2) is 17.0 Å². The minimum Gasteiger partial charge on any atom is -0.371 e. The first-order valence-electron chi connectivity index (χ1n) is 7.76. The molecular weight excluding hydrogens is 296 g/mol. The number of anilines is 1. The zero-order valence-corrected chi connectivity index (χ0v) is 13.4. The van der Waals surface area contributed by atoms with Gasteiger partial charge in [-0.25, -0.2) is 0 Å². The van der Waals surface area contributed by atoms with Crippen molar-refractivity contribution in [1.82, 2.24) is 4.90 Å². The van der Waals surface area contributed by atoms with Crippen LogP contribution in [0.2, 0.25) is 0 Å². The lowest BCUT2D eigenvalue weighted by Crippen LogP contribution is -2.34. The predicted octanol–water partition coefficient (Wildman–Crippen LogP) is 3.05. The maximum atomic E-state index is 12.0. The van der Waals surface area contributed by atoms with Crippen LogP contribution in [0.5, 0.6) is 0 Å². The molecule has 4 rings (SSSR count). The summed E-state index contributed by atoms with van der Waals surface area (Å²) in [6.07, 6.45) is 6.48. The molecule has 1 saturated heterocycles. The fraction of sp³-hybridized carbons (Fsp3) is 0.412. The normalized spacial score (nSPS) is 22.5. The molecule has 0 bridgehead atoms. The van der Waals surface area contributed by atoms with Crippen molar-refractivity contribution in [3.05, 3.63) is 33.7 Å². The van der Waals surface area contributed by atoms with Gasteiger partial charge in [0.05, 0.1) is 4.91 Å². The van der Waals surface area contributed by atoms with Crippen LogP contribution in [0.4, 0.5) is 10.5 Å². The Kier molecular flexibility index (Phi) is 3.26. The minimum atomic E-state index is -0.193. The lowest BCUT2D eigenvalue weighted by molar-refractivity contribution is -0.121. The Balaban J connectivity index is 1.75. The van der Waals surface area contributed by atoms with Crippen LogP contribution in [0.1, 0.15) is 29.5 Å². The molecule has 114 valence electrons. The molecule has 0 N–H and O–H groups in total. The predicted molar refractivity (Wildman–Crippen MR) is 89.0 cm³/mol. The van der Waals surface area contributed by atoms with Crippen LogP contribution in [0.25, 0.3) is 6.08 Å². The third-order valence-corrected chi connectivity index (χ3v) is 5.60. The van der Waals surface area contributed by atoms with E-state index in [1.165, 1.54) is 41.6 Å². The van der Waals surface area contributed by atoms with Gasteiger partial charge in [0.2, 0.25) is 0 Å². The molecule has 0 aromatic heterocycles. The zero-order chi connectivity index (χ0) is 15.3. The van der Waals surface area contributed by atoms with Gasteiger partial charge < -0.3 is 4.90 Å². The second-order valence-corrected chi connectivity index (χ2v) is 7.12. The highest BCUT2D eigenvalue weighted by atomic mass is 32.2. The summed E-state index contributed by atoms with van der Waals surface area (Å²) < 4.78 is 0. The van der Waals surface area contributed by atoms with Crippen molar-refractivity contribution in [2.75, 3.05) is 25.0 Å². The van der Waals surface area contributed by atoms with Crippen LogP contribution >= 0.6 is 11.8 Å². The van der Waals surface area contributed by atoms with E-state index in [4.69, 9.17) is 0 Å². The first-order valence-corrected chi connectivity index (χ1v) is 8.57. The van der Waals surface area contributed by atoms with E-state index in [0.717, 1.165) is 43.3 Å². The summed E-state index contributed by atoms with van der Waals surface area (Å²) in [5, 5.41) is -0.193. The first-order chi connectivity index (χ1) is 10.6. The summed E-state index contributed by atoms with van der Waals surface area (Å²) in [5.41, 5.74) is 5.27. The number of carbonyl (C=O) groups is 2. The maximum absolute atomic E-state index is 12.0. The van der Waals surface area contributed by atoms with E-state index in [9.17, 15) is 9.59 Å². The van der Waals surface area contributed by atoms with Gasteiger partial charge in [-0.15, -0.1) is 0 Å². The number of aryl methyl sites for hydroxylation is 2. The third kappa shape index (κ3) is 2.15. The number of carbonyl (C=O) groups excluding carboxylic acids is 2. The van der Waals surface area contributed by atoms with E-state index >= 15 is 0 Å². The molecule has 0 spiro atoms. The number of rotatable bonds is 1. The summed E-state index contributed by atoms with van der Waals surface area (Å²) in [4.78, 5) is 27.9. The van der Waals surface area contributed by atoms with Crippen molar-refractivity contribution < 1.29 is 9.59 Å². The van der Waals surface area contributed by atoms with Crippen LogP contribution < -0.4 is 4.90 Å². The second kappa shape index (κ2) is 5.16. The Labute approximate surface area is 134 Å². The van der Waals surface area contributed by atoms with Gasteiger partial charge in [-0.3, -0.25) is 14.5 Å². The standard InChI is InChI=1S/C17H18N2O2S/c1-18-16(20)14(22-17(18)21)10-11-8-12-4-2-6-19-7-3-5-13(9-11)15(12)19/h8-10H,2-7H2,1H3/b14-10-. The van der Waals surface area contributed by atoms with Gasteiger partial charge in [0.25, 0.3) is 11.1 Å². The summed E-state index contributed by atoms with van der Waals surface area (Å²) in [6.45, 7) is 2.32. The van der Waals surface area contributed by atoms with Gasteiger partial charge >= 0.3 is 0 Å². The lowest BCUT2D eigenvalue weighted by Gasteiger charge is -2.37. The molecule has 1 aromatic rings. The van der Waals surface area contributed by atoms with Crippen LogP contribution in [-0.2, 0) is 17.6 Å². The van der Waals surface area contributed by atoms with Gasteiger partial charge in [-0.2, -0.15) is 0 Å². The number of likely N-dealkylation sites (N-methyl/N-ethyl adjacent to an activating group) is 1. The maximum Gasteiger partial charge on any atom is 0.293 e. The number of benzene rings is 1. The van der Waals surface area contributed by atoms with Crippen LogP contribution in [0.3, 0.4) is 0 Å². The number of nitrogens with zero attached hydrogens (tertiary/aromatic N) is 2. The smallest absolute Gasteiger partial charge is 0.293 e. The van der Waals surface area contributed by atoms with Gasteiger partial charge in [0.1, 0.15) is 0 Å². The molecule has 1 aromatic carbocycles. The van der Waals surface area contributed by atoms with E-state index in [1.807, 2.05) is 6.08 Å². The Bertz CT molecular complexity index is 680. The molecule has 1 fully saturated rings. The van der Waals surface area contributed by atoms with Crippen molar-refractivity contribution in [2.45, 2.75) is 25.7 Å². The van der Waals surface area contributed by atoms with E-state index in [-0.39, 0.29) is 11.1 Å². The molecule has 0 atom stereocenters. The topological polar surface area (TPSA) is 40.6 Å². The number of amides is 2. The molecule has 0 saturated carbocycles. The van der Waals surface area contributed by atoms with Gasteiger partial charge in [-0.1, -0.05) is 0 Å². The molecule has 2 amide bonds. The lowest BCUT2D eigenvalue weighted by atomic mass is 9.90. The molecule has 0 radical (unpaired) electrons. The van der Waals surface area contributed by atoms with E-state index in [1.54, 1.807) is 0 Å². The van der Waals surface area contributed by atoms with Crippen molar-refractivity contribution >= 4 is 34.7 Å². The Morgan fingerprint density at radius 3 is 2.27 bits per heavy atom. The first kappa shape index (κ1) is 13.9. The number of hydrogen-bond donors (Lipinski definition) is 0. The van der Waals surface area contributed by atoms with E-state index in [0.29, 0.717) is 4.91 Å². The minimum absolute atomic E-state index is 0.192. The largest absolute Gasteiger partial charge is 0.371 e. The number of imide groups is 1. The quantitative estimate of drug-likeness (QED) is 0.747. The molecule has 3 heterocycles. The van der Waals surface area contributed by atoms with Gasteiger partial charge in [0.15, 0.2) is 0 Å². The molecule has 3 aliphatic rings. The zero-order valence-electron chi connectivity index (χ0n) is 12.6. The fourth-order valence-corrected chi connectivity index (χ4v) is 4.44. The van der Waals surface area contributed by atoms with Gasteiger partial charge in [-0.05, 0) is 72.3 Å². The van der Waals surface area contributed by atoms with Crippen LogP contribution in [-0.4, -0.2) is 36.2 Å². The van der Waals surface area contributed by atoms with Crippen molar-refractivity contribution in [3.8, 4) is 0 Å². The molecular formula is C17H18N2O2S. The molecule has 5 heteroatoms. The highest BCUT2D eigenvalue weighted by Gasteiger charge is 2.32. The number of thioether (sulfide) groups is 1. The van der Waals surface area contributed by atoms with Crippen molar-refractivity contribution in [1.29, 1.82) is 0 Å². The van der Waals surface area contributed by atoms with Crippen LogP contribution in [0, 0.1) is 0 Å². The summed E-state index contributed by atoms with van der Waals surface area (Å²) in [7, 11) is 1.53. The van der Waals surface area contributed by atoms with E-state index < -0.39 is 0 Å². The molecule has 0 unspecified atom stereocenters. The second-order valence-electron chi connectivity index (χ2n) is 6.12. The fourth-order valence-electron chi connectivity index (χ4n) is 3.61. The van der Waals surface area contributed by atoms with E-state index in [2.05, 4.69) is 17.0 Å². The average molecular weight is 314 g/mol. The van der Waals surface area contributed by atoms with Gasteiger partial charge in [0, 0.05) is 25.8 Å². The SMILES string of the molecule is CN1C(=O)S/C(=C\c2cc3c4c(c2)CCCN4CCC3)C1=O. The highest BCUT2D eigenvalue weighted by molar-refractivity contribution is 8.18. The molecule has 4 nitrogen and oxygen atoms in total. The molecule has 3 aliphatic heterocycles. The summed E-state index contributed by atoms with van der Waals surface area (Å²) in [6, 6.07) is 4.39. The average Bonchev–Trinajstić information content (AvgIpc) is 2.75. The molecule has 0 aliphatic carbocycles. The molecule has 22 heavy (non-hydrogen) atoms.